The Labute approximate surface area is 111 Å². The summed E-state index contributed by atoms with van der Waals surface area (Å²) in [6, 6.07) is 10.7. The van der Waals surface area contributed by atoms with Crippen LogP contribution >= 0.6 is 0 Å². The van der Waals surface area contributed by atoms with E-state index in [0.29, 0.717) is 18.0 Å². The van der Waals surface area contributed by atoms with Crippen molar-refractivity contribution in [2.24, 2.45) is 0 Å². The highest BCUT2D eigenvalue weighted by atomic mass is 16.5. The first-order valence-corrected chi connectivity index (χ1v) is 5.86. The van der Waals surface area contributed by atoms with E-state index >= 15 is 0 Å². The van der Waals surface area contributed by atoms with E-state index in [9.17, 15) is 4.79 Å². The van der Waals surface area contributed by atoms with E-state index in [-0.39, 0.29) is 6.03 Å². The van der Waals surface area contributed by atoms with E-state index in [2.05, 4.69) is 15.6 Å². The van der Waals surface area contributed by atoms with Gasteiger partial charge in [0.1, 0.15) is 5.75 Å². The van der Waals surface area contributed by atoms with Gasteiger partial charge in [-0.25, -0.2) is 4.79 Å². The summed E-state index contributed by atoms with van der Waals surface area (Å²) < 4.78 is 5.16. The molecule has 19 heavy (non-hydrogen) atoms. The quantitative estimate of drug-likeness (QED) is 0.884. The highest BCUT2D eigenvalue weighted by Crippen LogP contribution is 2.22. The van der Waals surface area contributed by atoms with E-state index in [1.807, 2.05) is 24.3 Å². The maximum atomic E-state index is 11.8. The number of para-hydroxylation sites is 2. The monoisotopic (exact) mass is 257 g/mol. The lowest BCUT2D eigenvalue weighted by Gasteiger charge is -2.10. The fraction of sp³-hybridized carbons (Fsp3) is 0.143. The molecule has 2 aromatic rings. The summed E-state index contributed by atoms with van der Waals surface area (Å²) in [4.78, 5) is 15.7. The summed E-state index contributed by atoms with van der Waals surface area (Å²) in [5, 5.41) is 5.49. The molecule has 0 saturated heterocycles. The minimum absolute atomic E-state index is 0.284. The number of aromatic nitrogens is 1. The Bertz CT molecular complexity index is 543. The van der Waals surface area contributed by atoms with Crippen LogP contribution < -0.4 is 15.4 Å². The van der Waals surface area contributed by atoms with Crippen molar-refractivity contribution >= 4 is 11.7 Å². The number of methoxy groups -OCH3 is 1. The van der Waals surface area contributed by atoms with Gasteiger partial charge in [-0.1, -0.05) is 18.2 Å². The average Bonchev–Trinajstić information content (AvgIpc) is 2.47. The molecular formula is C14H15N3O2. The van der Waals surface area contributed by atoms with E-state index < -0.39 is 0 Å². The SMILES string of the molecule is COc1ccccc1NC(=O)NCc1cccnc1. The highest BCUT2D eigenvalue weighted by molar-refractivity contribution is 5.90. The number of hydrogen-bond acceptors (Lipinski definition) is 3. The van der Waals surface area contributed by atoms with Crippen molar-refractivity contribution in [3.63, 3.8) is 0 Å². The van der Waals surface area contributed by atoms with Gasteiger partial charge in [-0.05, 0) is 23.8 Å². The molecule has 0 aliphatic rings. The van der Waals surface area contributed by atoms with Crippen LogP contribution in [-0.2, 0) is 6.54 Å². The molecule has 0 unspecified atom stereocenters. The number of hydrogen-bond donors (Lipinski definition) is 2. The molecule has 0 radical (unpaired) electrons. The van der Waals surface area contributed by atoms with Crippen molar-refractivity contribution in [3.05, 3.63) is 54.4 Å². The highest BCUT2D eigenvalue weighted by Gasteiger charge is 2.05. The zero-order valence-electron chi connectivity index (χ0n) is 10.6. The van der Waals surface area contributed by atoms with Crippen molar-refractivity contribution in [1.82, 2.24) is 10.3 Å². The van der Waals surface area contributed by atoms with Crippen LogP contribution in [0.25, 0.3) is 0 Å². The lowest BCUT2D eigenvalue weighted by Crippen LogP contribution is -2.28. The molecule has 0 aliphatic heterocycles. The Morgan fingerprint density at radius 2 is 2.11 bits per heavy atom. The maximum absolute atomic E-state index is 11.8. The number of rotatable bonds is 4. The molecule has 1 heterocycles. The molecule has 98 valence electrons. The van der Waals surface area contributed by atoms with Crippen LogP contribution in [0.5, 0.6) is 5.75 Å². The van der Waals surface area contributed by atoms with Gasteiger partial charge in [-0.3, -0.25) is 4.98 Å². The zero-order chi connectivity index (χ0) is 13.5. The third-order valence-electron chi connectivity index (χ3n) is 2.53. The van der Waals surface area contributed by atoms with Crippen LogP contribution in [0.4, 0.5) is 10.5 Å². The molecule has 0 atom stereocenters. The molecule has 0 spiro atoms. The number of nitrogens with zero attached hydrogens (tertiary/aromatic N) is 1. The summed E-state index contributed by atoms with van der Waals surface area (Å²) >= 11 is 0. The normalized spacial score (nSPS) is 9.74. The molecule has 0 saturated carbocycles. The van der Waals surface area contributed by atoms with Crippen LogP contribution in [0.2, 0.25) is 0 Å². The molecule has 5 nitrogen and oxygen atoms in total. The fourth-order valence-electron chi connectivity index (χ4n) is 1.60. The standard InChI is InChI=1S/C14H15N3O2/c1-19-13-7-3-2-6-12(13)17-14(18)16-10-11-5-4-8-15-9-11/h2-9H,10H2,1H3,(H2,16,17,18). The number of anilines is 1. The maximum Gasteiger partial charge on any atom is 0.319 e. The second kappa shape index (κ2) is 6.39. The Balaban J connectivity index is 1.91. The molecule has 2 rings (SSSR count). The van der Waals surface area contributed by atoms with E-state index in [4.69, 9.17) is 4.74 Å². The molecule has 2 N–H and O–H groups in total. The second-order valence-electron chi connectivity index (χ2n) is 3.87. The van der Waals surface area contributed by atoms with E-state index in [0.717, 1.165) is 5.56 Å². The predicted octanol–water partition coefficient (Wildman–Crippen LogP) is 2.41. The third kappa shape index (κ3) is 3.70. The Morgan fingerprint density at radius 3 is 2.84 bits per heavy atom. The van der Waals surface area contributed by atoms with E-state index in [1.165, 1.54) is 0 Å². The summed E-state index contributed by atoms with van der Waals surface area (Å²) in [5.74, 6) is 0.624. The lowest BCUT2D eigenvalue weighted by molar-refractivity contribution is 0.251. The van der Waals surface area contributed by atoms with Gasteiger partial charge < -0.3 is 15.4 Å². The number of carbonyl (C=O) groups excluding carboxylic acids is 1. The van der Waals surface area contributed by atoms with Crippen molar-refractivity contribution in [2.45, 2.75) is 6.54 Å². The number of carbonyl (C=O) groups is 1. The van der Waals surface area contributed by atoms with Crippen LogP contribution in [0, 0.1) is 0 Å². The van der Waals surface area contributed by atoms with Crippen molar-refractivity contribution < 1.29 is 9.53 Å². The fourth-order valence-corrected chi connectivity index (χ4v) is 1.60. The van der Waals surface area contributed by atoms with Gasteiger partial charge in [0, 0.05) is 18.9 Å². The largest absolute Gasteiger partial charge is 0.495 e. The lowest BCUT2D eigenvalue weighted by atomic mass is 10.3. The Morgan fingerprint density at radius 1 is 1.26 bits per heavy atom. The van der Waals surface area contributed by atoms with Crippen LogP contribution in [-0.4, -0.2) is 18.1 Å². The molecule has 5 heteroatoms. The van der Waals surface area contributed by atoms with Gasteiger partial charge in [-0.2, -0.15) is 0 Å². The zero-order valence-corrected chi connectivity index (χ0v) is 10.6. The van der Waals surface area contributed by atoms with Crippen molar-refractivity contribution in [2.75, 3.05) is 12.4 Å². The minimum Gasteiger partial charge on any atom is -0.495 e. The molecule has 2 amide bonds. The minimum atomic E-state index is -0.284. The first-order chi connectivity index (χ1) is 9.29. The smallest absolute Gasteiger partial charge is 0.319 e. The summed E-state index contributed by atoms with van der Waals surface area (Å²) in [5.41, 5.74) is 1.58. The Hall–Kier alpha value is -2.56. The molecule has 0 bridgehead atoms. The van der Waals surface area contributed by atoms with Gasteiger partial charge >= 0.3 is 6.03 Å². The Kier molecular flexibility index (Phi) is 4.34. The molecule has 0 fully saturated rings. The van der Waals surface area contributed by atoms with E-state index in [1.54, 1.807) is 31.6 Å². The molecule has 0 aliphatic carbocycles. The van der Waals surface area contributed by atoms with Crippen LogP contribution in [0.1, 0.15) is 5.56 Å². The van der Waals surface area contributed by atoms with Gasteiger partial charge in [0.25, 0.3) is 0 Å². The number of urea groups is 1. The molecular weight excluding hydrogens is 242 g/mol. The summed E-state index contributed by atoms with van der Waals surface area (Å²) in [7, 11) is 1.56. The van der Waals surface area contributed by atoms with Crippen LogP contribution in [0.3, 0.4) is 0 Å². The molecule has 1 aromatic carbocycles. The average molecular weight is 257 g/mol. The topological polar surface area (TPSA) is 63.2 Å². The summed E-state index contributed by atoms with van der Waals surface area (Å²) in [6.07, 6.45) is 3.40. The number of pyridine rings is 1. The summed E-state index contributed by atoms with van der Waals surface area (Å²) in [6.45, 7) is 0.425. The number of ether oxygens (including phenoxy) is 1. The van der Waals surface area contributed by atoms with Crippen LogP contribution in [0.15, 0.2) is 48.8 Å². The second-order valence-corrected chi connectivity index (χ2v) is 3.87. The number of amides is 2. The van der Waals surface area contributed by atoms with Crippen molar-refractivity contribution in [1.29, 1.82) is 0 Å². The number of benzene rings is 1. The first-order valence-electron chi connectivity index (χ1n) is 5.86. The van der Waals surface area contributed by atoms with Crippen molar-refractivity contribution in [3.8, 4) is 5.75 Å². The molecule has 1 aromatic heterocycles. The third-order valence-corrected chi connectivity index (χ3v) is 2.53. The van der Waals surface area contributed by atoms with Gasteiger partial charge in [-0.15, -0.1) is 0 Å². The first kappa shape index (κ1) is 12.9. The predicted molar refractivity (Wildman–Crippen MR) is 73.1 cm³/mol. The van der Waals surface area contributed by atoms with Gasteiger partial charge in [0.05, 0.1) is 12.8 Å². The van der Waals surface area contributed by atoms with Gasteiger partial charge in [0.2, 0.25) is 0 Å². The number of nitrogens with one attached hydrogen (secondary N) is 2. The van der Waals surface area contributed by atoms with Gasteiger partial charge in [0.15, 0.2) is 0 Å².